The van der Waals surface area contributed by atoms with Gasteiger partial charge in [0.15, 0.2) is 0 Å². The van der Waals surface area contributed by atoms with E-state index in [1.807, 2.05) is 39.0 Å². The van der Waals surface area contributed by atoms with Crippen LogP contribution in [0, 0.1) is 22.7 Å². The molecule has 196 valence electrons. The maximum absolute atomic E-state index is 12.8. The molecule has 0 unspecified atom stereocenters. The number of nitrogens with one attached hydrogen (secondary N) is 3. The fraction of sp³-hybridized carbons (Fsp3) is 0.407. The first-order valence-electron chi connectivity index (χ1n) is 12.5. The van der Waals surface area contributed by atoms with Crippen molar-refractivity contribution in [3.8, 4) is 23.5 Å². The molecule has 0 spiro atoms. The largest absolute Gasteiger partial charge is 0.444 e. The topological polar surface area (TPSA) is 157 Å². The van der Waals surface area contributed by atoms with E-state index in [4.69, 9.17) is 15.3 Å². The number of carbonyl (C=O) groups is 2. The zero-order chi connectivity index (χ0) is 27.3. The summed E-state index contributed by atoms with van der Waals surface area (Å²) < 4.78 is 7.06. The van der Waals surface area contributed by atoms with Gasteiger partial charge in [0, 0.05) is 18.3 Å². The summed E-state index contributed by atoms with van der Waals surface area (Å²) in [7, 11) is 0. The van der Waals surface area contributed by atoms with Crippen LogP contribution in [0.5, 0.6) is 0 Å². The number of aromatic nitrogens is 3. The van der Waals surface area contributed by atoms with E-state index in [1.54, 1.807) is 16.6 Å². The molecule has 4 rings (SSSR count). The molecule has 11 nitrogen and oxygen atoms in total. The molecule has 1 aliphatic carbocycles. The molecule has 1 aliphatic rings. The number of pyridine rings is 1. The number of nitrogens with zero attached hydrogens (tertiary/aromatic N) is 5. The van der Waals surface area contributed by atoms with E-state index in [9.17, 15) is 9.59 Å². The van der Waals surface area contributed by atoms with Gasteiger partial charge in [-0.2, -0.15) is 15.6 Å². The Balaban J connectivity index is 1.53. The van der Waals surface area contributed by atoms with E-state index in [0.717, 1.165) is 31.2 Å². The molecule has 0 aromatic carbocycles. The first-order valence-corrected chi connectivity index (χ1v) is 12.5. The molecule has 2 amide bonds. The zero-order valence-corrected chi connectivity index (χ0v) is 21.6. The lowest BCUT2D eigenvalue weighted by atomic mass is 9.91. The molecule has 0 radical (unpaired) electrons. The van der Waals surface area contributed by atoms with Crippen LogP contribution >= 0.6 is 0 Å². The summed E-state index contributed by atoms with van der Waals surface area (Å²) in [5.74, 6) is -0.398. The van der Waals surface area contributed by atoms with Crippen LogP contribution in [0.3, 0.4) is 0 Å². The number of anilines is 1. The van der Waals surface area contributed by atoms with Gasteiger partial charge < -0.3 is 20.7 Å². The first kappa shape index (κ1) is 26.4. The van der Waals surface area contributed by atoms with Gasteiger partial charge in [-0.05, 0) is 70.7 Å². The third-order valence-electron chi connectivity index (χ3n) is 6.18. The molecule has 11 heteroatoms. The second kappa shape index (κ2) is 11.2. The summed E-state index contributed by atoms with van der Waals surface area (Å²) in [6.45, 7) is 5.38. The maximum atomic E-state index is 12.8. The number of amides is 2. The molecule has 1 fully saturated rings. The van der Waals surface area contributed by atoms with Crippen molar-refractivity contribution in [2.45, 2.75) is 64.1 Å². The normalized spacial score (nSPS) is 17.2. The molecule has 1 saturated carbocycles. The Bertz CT molecular complexity index is 1420. The van der Waals surface area contributed by atoms with E-state index in [0.29, 0.717) is 28.2 Å². The summed E-state index contributed by atoms with van der Waals surface area (Å²) >= 11 is 0. The summed E-state index contributed by atoms with van der Waals surface area (Å²) in [5, 5.41) is 31.4. The van der Waals surface area contributed by atoms with E-state index >= 15 is 0 Å². The van der Waals surface area contributed by atoms with E-state index in [2.05, 4.69) is 32.1 Å². The minimum Gasteiger partial charge on any atom is -0.444 e. The SMILES string of the molecule is CC(C)(C)OC(=O)NC1CCC(Nc2cc(-c3ccc4cc(C#N)cnn34)ncc2C(=O)NCC#N)CC1. The van der Waals surface area contributed by atoms with Gasteiger partial charge in [-0.15, -0.1) is 0 Å². The quantitative estimate of drug-likeness (QED) is 0.420. The minimum absolute atomic E-state index is 0.0192. The third-order valence-corrected chi connectivity index (χ3v) is 6.18. The first-order chi connectivity index (χ1) is 18.2. The number of hydrogen-bond donors (Lipinski definition) is 3. The summed E-state index contributed by atoms with van der Waals surface area (Å²) in [6.07, 6.45) is 5.65. The second-order valence-electron chi connectivity index (χ2n) is 10.2. The average molecular weight is 515 g/mol. The number of rotatable bonds is 6. The maximum Gasteiger partial charge on any atom is 0.407 e. The Kier molecular flexibility index (Phi) is 7.77. The Morgan fingerprint density at radius 2 is 1.84 bits per heavy atom. The van der Waals surface area contributed by atoms with Gasteiger partial charge >= 0.3 is 6.09 Å². The van der Waals surface area contributed by atoms with Crippen molar-refractivity contribution in [3.05, 3.63) is 47.8 Å². The summed E-state index contributed by atoms with van der Waals surface area (Å²) in [5.41, 5.74) is 2.89. The standard InChI is InChI=1S/C27H30N8O3/c1-27(2,3)38-26(37)34-19-6-4-18(5-7-19)33-22-13-23(31-16-21(22)25(36)30-11-10-28)24-9-8-20-12-17(14-29)15-32-35(20)24/h8-9,12-13,15-16,18-19H,4-7,11H2,1-3H3,(H,30,36)(H,31,33)(H,34,37). The predicted molar refractivity (Wildman–Crippen MR) is 140 cm³/mol. The van der Waals surface area contributed by atoms with Gasteiger partial charge in [0.25, 0.3) is 5.91 Å². The minimum atomic E-state index is -0.552. The van der Waals surface area contributed by atoms with Gasteiger partial charge in [-0.3, -0.25) is 9.78 Å². The summed E-state index contributed by atoms with van der Waals surface area (Å²) in [4.78, 5) is 29.4. The summed E-state index contributed by atoms with van der Waals surface area (Å²) in [6, 6.07) is 11.3. The van der Waals surface area contributed by atoms with Crippen LogP contribution in [0.4, 0.5) is 10.5 Å². The lowest BCUT2D eigenvalue weighted by Gasteiger charge is -2.31. The van der Waals surface area contributed by atoms with Crippen LogP contribution in [0.1, 0.15) is 62.4 Å². The van der Waals surface area contributed by atoms with Crippen molar-refractivity contribution in [2.75, 3.05) is 11.9 Å². The Labute approximate surface area is 220 Å². The van der Waals surface area contributed by atoms with Crippen molar-refractivity contribution < 1.29 is 14.3 Å². The smallest absolute Gasteiger partial charge is 0.407 e. The molecule has 0 atom stereocenters. The van der Waals surface area contributed by atoms with Gasteiger partial charge in [-0.1, -0.05) is 0 Å². The Morgan fingerprint density at radius 3 is 2.53 bits per heavy atom. The third kappa shape index (κ3) is 6.37. The molecule has 3 heterocycles. The van der Waals surface area contributed by atoms with Crippen LogP contribution in [0.2, 0.25) is 0 Å². The van der Waals surface area contributed by atoms with Crippen molar-refractivity contribution in [1.82, 2.24) is 25.2 Å². The van der Waals surface area contributed by atoms with Gasteiger partial charge in [-0.25, -0.2) is 9.31 Å². The van der Waals surface area contributed by atoms with Crippen molar-refractivity contribution >= 4 is 23.2 Å². The molecule has 38 heavy (non-hydrogen) atoms. The van der Waals surface area contributed by atoms with Crippen LogP contribution in [0.15, 0.2) is 36.7 Å². The van der Waals surface area contributed by atoms with Crippen molar-refractivity contribution in [3.63, 3.8) is 0 Å². The number of ether oxygens (including phenoxy) is 1. The fourth-order valence-corrected chi connectivity index (χ4v) is 4.44. The Hall–Kier alpha value is -4.64. The highest BCUT2D eigenvalue weighted by molar-refractivity contribution is 6.00. The molecule has 3 aromatic heterocycles. The number of hydrogen-bond acceptors (Lipinski definition) is 8. The molecule has 0 saturated heterocycles. The van der Waals surface area contributed by atoms with Crippen LogP contribution in [-0.4, -0.2) is 50.8 Å². The highest BCUT2D eigenvalue weighted by atomic mass is 16.6. The van der Waals surface area contributed by atoms with Crippen LogP contribution in [0.25, 0.3) is 16.9 Å². The molecule has 0 aliphatic heterocycles. The molecular formula is C27H30N8O3. The van der Waals surface area contributed by atoms with Gasteiger partial charge in [0.1, 0.15) is 18.2 Å². The Morgan fingerprint density at radius 1 is 1.11 bits per heavy atom. The molecular weight excluding hydrogens is 484 g/mol. The van der Waals surface area contributed by atoms with Gasteiger partial charge in [0.2, 0.25) is 0 Å². The predicted octanol–water partition coefficient (Wildman–Crippen LogP) is 3.77. The van der Waals surface area contributed by atoms with Crippen molar-refractivity contribution in [1.29, 1.82) is 10.5 Å². The number of nitriles is 2. The second-order valence-corrected chi connectivity index (χ2v) is 10.2. The zero-order valence-electron chi connectivity index (χ0n) is 21.6. The van der Waals surface area contributed by atoms with Gasteiger partial charge in [0.05, 0.1) is 46.0 Å². The molecule has 3 N–H and O–H groups in total. The lowest BCUT2D eigenvalue weighted by molar-refractivity contribution is 0.0492. The highest BCUT2D eigenvalue weighted by Gasteiger charge is 2.26. The highest BCUT2D eigenvalue weighted by Crippen LogP contribution is 2.29. The van der Waals surface area contributed by atoms with Crippen LogP contribution in [-0.2, 0) is 4.74 Å². The lowest BCUT2D eigenvalue weighted by Crippen LogP contribution is -2.42. The van der Waals surface area contributed by atoms with E-state index in [-0.39, 0.29) is 18.6 Å². The number of carbonyl (C=O) groups excluding carboxylic acids is 2. The number of alkyl carbamates (subject to hydrolysis) is 1. The van der Waals surface area contributed by atoms with Crippen molar-refractivity contribution in [2.24, 2.45) is 0 Å². The van der Waals surface area contributed by atoms with Crippen LogP contribution < -0.4 is 16.0 Å². The number of fused-ring (bicyclic) bond motifs is 1. The van der Waals surface area contributed by atoms with E-state index < -0.39 is 17.6 Å². The average Bonchev–Trinajstić information content (AvgIpc) is 3.30. The molecule has 0 bridgehead atoms. The van der Waals surface area contributed by atoms with E-state index in [1.165, 1.54) is 12.4 Å². The fourth-order valence-electron chi connectivity index (χ4n) is 4.44. The molecule has 3 aromatic rings. The monoisotopic (exact) mass is 514 g/mol.